The Morgan fingerprint density at radius 2 is 1.89 bits per heavy atom. The van der Waals surface area contributed by atoms with E-state index >= 15 is 0 Å². The molecule has 0 amide bonds. The molecule has 0 aromatic heterocycles. The number of halogens is 1. The van der Waals surface area contributed by atoms with Gasteiger partial charge in [0.15, 0.2) is 0 Å². The van der Waals surface area contributed by atoms with E-state index in [1.165, 1.54) is 12.1 Å². The van der Waals surface area contributed by atoms with E-state index in [9.17, 15) is 9.50 Å². The van der Waals surface area contributed by atoms with Gasteiger partial charge in [-0.3, -0.25) is 0 Å². The summed E-state index contributed by atoms with van der Waals surface area (Å²) in [6, 6.07) is 14.0. The van der Waals surface area contributed by atoms with Gasteiger partial charge in [0.1, 0.15) is 18.2 Å². The van der Waals surface area contributed by atoms with Crippen LogP contribution >= 0.6 is 0 Å². The Morgan fingerprint density at radius 3 is 2.58 bits per heavy atom. The number of rotatable bonds is 5. The lowest BCUT2D eigenvalue weighted by molar-refractivity contribution is 0.217. The first-order valence-electron chi connectivity index (χ1n) is 6.11. The Hall–Kier alpha value is -1.87. The van der Waals surface area contributed by atoms with Crippen LogP contribution in [0.5, 0.6) is 5.75 Å². The van der Waals surface area contributed by atoms with Crippen molar-refractivity contribution in [2.24, 2.45) is 0 Å². The normalized spacial score (nSPS) is 12.2. The van der Waals surface area contributed by atoms with Crippen LogP contribution in [-0.2, 0) is 13.0 Å². The molecule has 0 aliphatic heterocycles. The number of aliphatic hydroxyl groups is 1. The summed E-state index contributed by atoms with van der Waals surface area (Å²) in [5.74, 6) is 0.232. The van der Waals surface area contributed by atoms with Crippen LogP contribution in [0, 0.1) is 12.7 Å². The van der Waals surface area contributed by atoms with Crippen molar-refractivity contribution in [1.82, 2.24) is 0 Å². The Bertz CT molecular complexity index is 524. The highest BCUT2D eigenvalue weighted by molar-refractivity contribution is 5.35. The van der Waals surface area contributed by atoms with Crippen molar-refractivity contribution in [2.45, 2.75) is 19.1 Å². The number of hydrogen-bond acceptors (Lipinski definition) is 2. The van der Waals surface area contributed by atoms with Gasteiger partial charge in [0.25, 0.3) is 0 Å². The first-order valence-corrected chi connectivity index (χ1v) is 6.11. The summed E-state index contributed by atoms with van der Waals surface area (Å²) >= 11 is 0. The van der Waals surface area contributed by atoms with Crippen molar-refractivity contribution in [3.05, 3.63) is 72.4 Å². The summed E-state index contributed by atoms with van der Waals surface area (Å²) < 4.78 is 18.9. The first kappa shape index (κ1) is 13.6. The molecule has 0 bridgehead atoms. The highest BCUT2D eigenvalue weighted by atomic mass is 19.1. The van der Waals surface area contributed by atoms with Gasteiger partial charge in [0, 0.05) is 6.42 Å². The van der Waals surface area contributed by atoms with Crippen molar-refractivity contribution >= 4 is 0 Å². The van der Waals surface area contributed by atoms with Gasteiger partial charge in [-0.05, 0) is 36.2 Å². The van der Waals surface area contributed by atoms with Crippen LogP contribution in [0.2, 0.25) is 0 Å². The molecule has 1 radical (unpaired) electrons. The zero-order chi connectivity index (χ0) is 13.7. The van der Waals surface area contributed by atoms with Crippen molar-refractivity contribution in [2.75, 3.05) is 0 Å². The van der Waals surface area contributed by atoms with Gasteiger partial charge < -0.3 is 9.84 Å². The van der Waals surface area contributed by atoms with E-state index in [1.807, 2.05) is 30.3 Å². The Morgan fingerprint density at radius 1 is 1.16 bits per heavy atom. The minimum atomic E-state index is -0.777. The minimum Gasteiger partial charge on any atom is -0.489 e. The van der Waals surface area contributed by atoms with Gasteiger partial charge >= 0.3 is 0 Å². The monoisotopic (exact) mass is 259 g/mol. The van der Waals surface area contributed by atoms with Gasteiger partial charge in [0.2, 0.25) is 0 Å². The highest BCUT2D eigenvalue weighted by Crippen LogP contribution is 2.22. The minimum absolute atomic E-state index is 0.266. The fourth-order valence-electron chi connectivity index (χ4n) is 1.84. The molecule has 2 aromatic rings. The fraction of sp³-hybridized carbons (Fsp3) is 0.188. The maximum Gasteiger partial charge on any atom is 0.123 e. The lowest BCUT2D eigenvalue weighted by Crippen LogP contribution is -2.07. The van der Waals surface area contributed by atoms with Gasteiger partial charge in [-0.15, -0.1) is 0 Å². The summed E-state index contributed by atoms with van der Waals surface area (Å²) in [5, 5.41) is 9.32. The number of ether oxygens (including phenoxy) is 1. The zero-order valence-corrected chi connectivity index (χ0v) is 10.6. The third kappa shape index (κ3) is 4.07. The average molecular weight is 259 g/mol. The molecule has 0 saturated carbocycles. The number of hydrogen-bond donors (Lipinski definition) is 1. The van der Waals surface area contributed by atoms with Crippen LogP contribution < -0.4 is 4.74 Å². The average Bonchev–Trinajstić information content (AvgIpc) is 2.38. The van der Waals surface area contributed by atoms with Crippen molar-refractivity contribution in [3.63, 3.8) is 0 Å². The molecule has 0 aliphatic carbocycles. The molecular weight excluding hydrogens is 243 g/mol. The third-order valence-corrected chi connectivity index (χ3v) is 2.72. The maximum absolute atomic E-state index is 13.2. The molecule has 0 spiro atoms. The maximum atomic E-state index is 13.2. The van der Waals surface area contributed by atoms with E-state index in [4.69, 9.17) is 4.74 Å². The summed E-state index contributed by atoms with van der Waals surface area (Å²) in [6.45, 7) is 3.91. The van der Waals surface area contributed by atoms with E-state index in [-0.39, 0.29) is 12.2 Å². The fourth-order valence-corrected chi connectivity index (χ4v) is 1.84. The summed E-state index contributed by atoms with van der Waals surface area (Å²) in [5.41, 5.74) is 1.66. The molecule has 1 atom stereocenters. The van der Waals surface area contributed by atoms with Gasteiger partial charge in [-0.1, -0.05) is 30.3 Å². The van der Waals surface area contributed by atoms with Crippen LogP contribution in [0.25, 0.3) is 0 Å². The Balaban J connectivity index is 2.11. The summed E-state index contributed by atoms with van der Waals surface area (Å²) in [4.78, 5) is 0. The van der Waals surface area contributed by atoms with Gasteiger partial charge in [-0.2, -0.15) is 0 Å². The van der Waals surface area contributed by atoms with E-state index in [0.717, 1.165) is 5.56 Å². The Kier molecular flexibility index (Phi) is 4.53. The van der Waals surface area contributed by atoms with Crippen LogP contribution in [0.1, 0.15) is 11.1 Å². The second kappa shape index (κ2) is 6.34. The molecule has 1 N–H and O–H groups in total. The SMILES string of the molecule is [CH2]C(O)Cc1cc(F)ccc1OCc1ccccc1. The van der Waals surface area contributed by atoms with Crippen LogP contribution in [0.3, 0.4) is 0 Å². The molecule has 99 valence electrons. The van der Waals surface area contributed by atoms with Crippen LogP contribution in [0.15, 0.2) is 48.5 Å². The highest BCUT2D eigenvalue weighted by Gasteiger charge is 2.08. The lowest BCUT2D eigenvalue weighted by Gasteiger charge is -2.13. The van der Waals surface area contributed by atoms with E-state index in [0.29, 0.717) is 17.9 Å². The smallest absolute Gasteiger partial charge is 0.123 e. The molecule has 0 fully saturated rings. The molecule has 2 rings (SSSR count). The molecule has 2 aromatic carbocycles. The Labute approximate surface area is 112 Å². The van der Waals surface area contributed by atoms with Crippen molar-refractivity contribution in [3.8, 4) is 5.75 Å². The molecule has 19 heavy (non-hydrogen) atoms. The largest absolute Gasteiger partial charge is 0.489 e. The summed E-state index contributed by atoms with van der Waals surface area (Å²) in [6.07, 6.45) is -0.511. The standard InChI is InChI=1S/C16H16FO2/c1-12(18)9-14-10-15(17)7-8-16(14)19-11-13-5-3-2-4-6-13/h2-8,10,12,18H,1,9,11H2. The molecule has 0 heterocycles. The molecule has 2 nitrogen and oxygen atoms in total. The molecule has 1 unspecified atom stereocenters. The summed E-state index contributed by atoms with van der Waals surface area (Å²) in [7, 11) is 0. The predicted octanol–water partition coefficient (Wildman–Crippen LogP) is 3.14. The zero-order valence-electron chi connectivity index (χ0n) is 10.6. The van der Waals surface area contributed by atoms with Crippen molar-refractivity contribution in [1.29, 1.82) is 0 Å². The molecular formula is C16H16FO2. The molecule has 0 aliphatic rings. The van der Waals surface area contributed by atoms with Crippen LogP contribution in [-0.4, -0.2) is 11.2 Å². The number of aliphatic hydroxyl groups excluding tert-OH is 1. The van der Waals surface area contributed by atoms with E-state index in [2.05, 4.69) is 6.92 Å². The number of benzene rings is 2. The third-order valence-electron chi connectivity index (χ3n) is 2.72. The first-order chi connectivity index (χ1) is 9.15. The molecule has 3 heteroatoms. The quantitative estimate of drug-likeness (QED) is 0.893. The second-order valence-corrected chi connectivity index (χ2v) is 4.38. The predicted molar refractivity (Wildman–Crippen MR) is 72.2 cm³/mol. The topological polar surface area (TPSA) is 29.5 Å². The van der Waals surface area contributed by atoms with Crippen LogP contribution in [0.4, 0.5) is 4.39 Å². The van der Waals surface area contributed by atoms with Gasteiger partial charge in [-0.25, -0.2) is 4.39 Å². The van der Waals surface area contributed by atoms with Gasteiger partial charge in [0.05, 0.1) is 6.10 Å². The van der Waals surface area contributed by atoms with E-state index < -0.39 is 6.10 Å². The van der Waals surface area contributed by atoms with E-state index in [1.54, 1.807) is 6.07 Å². The lowest BCUT2D eigenvalue weighted by atomic mass is 10.1. The molecule has 0 saturated heterocycles. The van der Waals surface area contributed by atoms with Crippen molar-refractivity contribution < 1.29 is 14.2 Å². The second-order valence-electron chi connectivity index (χ2n) is 4.38.